The van der Waals surface area contributed by atoms with Gasteiger partial charge in [0.15, 0.2) is 5.13 Å². The number of aromatic nitrogens is 1. The minimum absolute atomic E-state index is 0.0432. The molecule has 1 atom stereocenters. The minimum Gasteiger partial charge on any atom is -0.508 e. The highest BCUT2D eigenvalue weighted by Crippen LogP contribution is 2.24. The van der Waals surface area contributed by atoms with E-state index in [4.69, 9.17) is 11.6 Å². The molecule has 7 heteroatoms. The summed E-state index contributed by atoms with van der Waals surface area (Å²) < 4.78 is 0. The molecule has 0 aliphatic carbocycles. The molecule has 19 heavy (non-hydrogen) atoms. The molecule has 1 heterocycles. The lowest BCUT2D eigenvalue weighted by Gasteiger charge is -2.04. The van der Waals surface area contributed by atoms with Gasteiger partial charge in [0.1, 0.15) is 5.75 Å². The fraction of sp³-hybridized carbons (Fsp3) is 0.167. The van der Waals surface area contributed by atoms with E-state index in [0.29, 0.717) is 10.8 Å². The van der Waals surface area contributed by atoms with Crippen LogP contribution >= 0.6 is 22.9 Å². The molecule has 1 unspecified atom stereocenters. The smallest absolute Gasteiger partial charge is 0.259 e. The van der Waals surface area contributed by atoms with Gasteiger partial charge in [-0.3, -0.25) is 10.1 Å². The molecule has 1 aromatic carbocycles. The van der Waals surface area contributed by atoms with Crippen LogP contribution in [0.2, 0.25) is 5.02 Å². The number of nitrogens with one attached hydrogen (secondary N) is 1. The van der Waals surface area contributed by atoms with Crippen molar-refractivity contribution in [2.75, 3.05) is 5.32 Å². The van der Waals surface area contributed by atoms with Gasteiger partial charge in [-0.1, -0.05) is 11.6 Å². The molecule has 0 saturated carbocycles. The topological polar surface area (TPSA) is 82.5 Å². The second kappa shape index (κ2) is 5.56. The monoisotopic (exact) mass is 298 g/mol. The first-order chi connectivity index (χ1) is 8.97. The summed E-state index contributed by atoms with van der Waals surface area (Å²) in [7, 11) is 0. The number of aromatic hydroxyl groups is 1. The van der Waals surface area contributed by atoms with Gasteiger partial charge >= 0.3 is 0 Å². The van der Waals surface area contributed by atoms with Crippen molar-refractivity contribution in [2.45, 2.75) is 13.0 Å². The maximum Gasteiger partial charge on any atom is 0.259 e. The second-order valence-corrected chi connectivity index (χ2v) is 5.14. The van der Waals surface area contributed by atoms with Crippen LogP contribution in [0.1, 0.15) is 29.1 Å². The zero-order valence-corrected chi connectivity index (χ0v) is 11.5. The molecule has 100 valence electrons. The molecule has 5 nitrogen and oxygen atoms in total. The van der Waals surface area contributed by atoms with Crippen molar-refractivity contribution >= 4 is 34.0 Å². The zero-order valence-electron chi connectivity index (χ0n) is 9.92. The first kappa shape index (κ1) is 13.8. The van der Waals surface area contributed by atoms with Gasteiger partial charge in [-0.05, 0) is 25.1 Å². The number of hydrogen-bond acceptors (Lipinski definition) is 5. The van der Waals surface area contributed by atoms with Crippen LogP contribution in [0, 0.1) is 0 Å². The molecule has 0 radical (unpaired) electrons. The molecule has 0 saturated heterocycles. The second-order valence-electron chi connectivity index (χ2n) is 3.87. The molecule has 1 aromatic heterocycles. The maximum atomic E-state index is 12.0. The molecule has 1 amide bonds. The average Bonchev–Trinajstić information content (AvgIpc) is 2.80. The van der Waals surface area contributed by atoms with Crippen LogP contribution < -0.4 is 5.32 Å². The van der Waals surface area contributed by atoms with E-state index in [-0.39, 0.29) is 16.3 Å². The summed E-state index contributed by atoms with van der Waals surface area (Å²) in [5.74, 6) is -0.509. The highest BCUT2D eigenvalue weighted by molar-refractivity contribution is 7.14. The molecule has 3 N–H and O–H groups in total. The number of hydrogen-bond donors (Lipinski definition) is 3. The number of phenolic OH excluding ortho intramolecular Hbond substituents is 1. The van der Waals surface area contributed by atoms with E-state index in [0.717, 1.165) is 0 Å². The fourth-order valence-corrected chi connectivity index (χ4v) is 2.38. The van der Waals surface area contributed by atoms with E-state index in [9.17, 15) is 15.0 Å². The largest absolute Gasteiger partial charge is 0.508 e. The molecule has 0 aliphatic rings. The number of carbonyl (C=O) groups is 1. The van der Waals surface area contributed by atoms with E-state index in [2.05, 4.69) is 10.3 Å². The van der Waals surface area contributed by atoms with Gasteiger partial charge in [-0.2, -0.15) is 0 Å². The number of anilines is 1. The third-order valence-electron chi connectivity index (χ3n) is 2.37. The average molecular weight is 299 g/mol. The molecule has 0 aliphatic heterocycles. The van der Waals surface area contributed by atoms with E-state index in [1.807, 2.05) is 0 Å². The Morgan fingerprint density at radius 3 is 2.89 bits per heavy atom. The van der Waals surface area contributed by atoms with E-state index in [1.54, 1.807) is 12.3 Å². The number of thiazole rings is 1. The quantitative estimate of drug-likeness (QED) is 0.814. The lowest BCUT2D eigenvalue weighted by atomic mass is 10.2. The van der Waals surface area contributed by atoms with Crippen molar-refractivity contribution in [3.8, 4) is 5.75 Å². The van der Waals surface area contributed by atoms with Crippen LogP contribution in [0.25, 0.3) is 0 Å². The van der Waals surface area contributed by atoms with Gasteiger partial charge in [0.2, 0.25) is 0 Å². The van der Waals surface area contributed by atoms with Crippen molar-refractivity contribution in [2.24, 2.45) is 0 Å². The third kappa shape index (κ3) is 3.23. The van der Waals surface area contributed by atoms with Crippen LogP contribution in [0.4, 0.5) is 5.13 Å². The summed E-state index contributed by atoms with van der Waals surface area (Å²) >= 11 is 7.09. The lowest BCUT2D eigenvalue weighted by Crippen LogP contribution is -2.12. The summed E-state index contributed by atoms with van der Waals surface area (Å²) in [5.41, 5.74) is 0.651. The van der Waals surface area contributed by atoms with Gasteiger partial charge < -0.3 is 10.2 Å². The Kier molecular flexibility index (Phi) is 4.04. The summed E-state index contributed by atoms with van der Waals surface area (Å²) in [5, 5.41) is 23.5. The summed E-state index contributed by atoms with van der Waals surface area (Å²) in [6.07, 6.45) is -0.689. The number of carbonyl (C=O) groups excluding carboxylic acids is 1. The van der Waals surface area contributed by atoms with Crippen molar-refractivity contribution in [3.63, 3.8) is 0 Å². The first-order valence-corrected chi connectivity index (χ1v) is 6.66. The van der Waals surface area contributed by atoms with Crippen molar-refractivity contribution in [1.29, 1.82) is 0 Å². The number of rotatable bonds is 3. The van der Waals surface area contributed by atoms with E-state index in [1.165, 1.54) is 29.5 Å². The molecule has 0 bridgehead atoms. The molecule has 0 fully saturated rings. The molecule has 0 spiro atoms. The number of phenols is 1. The Morgan fingerprint density at radius 1 is 1.53 bits per heavy atom. The van der Waals surface area contributed by atoms with Crippen molar-refractivity contribution in [3.05, 3.63) is 39.9 Å². The van der Waals surface area contributed by atoms with Crippen molar-refractivity contribution in [1.82, 2.24) is 4.98 Å². The SMILES string of the molecule is CC(O)c1csc(NC(=O)c2cc(O)ccc2Cl)n1. The predicted octanol–water partition coefficient (Wildman–Crippen LogP) is 2.81. The van der Waals surface area contributed by atoms with Crippen LogP contribution in [0.15, 0.2) is 23.6 Å². The Bertz CT molecular complexity index is 613. The number of benzene rings is 1. The predicted molar refractivity (Wildman–Crippen MR) is 73.8 cm³/mol. The van der Waals surface area contributed by atoms with E-state index < -0.39 is 12.0 Å². The Morgan fingerprint density at radius 2 is 2.26 bits per heavy atom. The highest BCUT2D eigenvalue weighted by atomic mass is 35.5. The molecular formula is C12H11ClN2O3S. The number of aliphatic hydroxyl groups excluding tert-OH is 1. The van der Waals surface area contributed by atoms with Gasteiger partial charge in [-0.15, -0.1) is 11.3 Å². The van der Waals surface area contributed by atoms with Crippen LogP contribution in [0.5, 0.6) is 5.75 Å². The Hall–Kier alpha value is -1.63. The normalized spacial score (nSPS) is 12.2. The standard InChI is InChI=1S/C12H11ClN2O3S/c1-6(16)10-5-19-12(14-10)15-11(18)8-4-7(17)2-3-9(8)13/h2-6,16-17H,1H3,(H,14,15,18). The summed E-state index contributed by atoms with van der Waals surface area (Å²) in [4.78, 5) is 16.0. The Labute approximate surface area is 118 Å². The molecule has 2 rings (SSSR count). The van der Waals surface area contributed by atoms with Gasteiger partial charge in [0.05, 0.1) is 22.4 Å². The first-order valence-electron chi connectivity index (χ1n) is 5.40. The lowest BCUT2D eigenvalue weighted by molar-refractivity contribution is 0.102. The van der Waals surface area contributed by atoms with E-state index >= 15 is 0 Å². The molecular weight excluding hydrogens is 288 g/mol. The van der Waals surface area contributed by atoms with Gasteiger partial charge in [0, 0.05) is 5.38 Å². The number of aliphatic hydroxyl groups is 1. The van der Waals surface area contributed by atoms with Crippen molar-refractivity contribution < 1.29 is 15.0 Å². The van der Waals surface area contributed by atoms with Crippen LogP contribution in [-0.2, 0) is 0 Å². The summed E-state index contributed by atoms with van der Waals surface area (Å²) in [6.45, 7) is 1.59. The highest BCUT2D eigenvalue weighted by Gasteiger charge is 2.14. The number of amides is 1. The zero-order chi connectivity index (χ0) is 14.0. The summed E-state index contributed by atoms with van der Waals surface area (Å²) in [6, 6.07) is 4.11. The van der Waals surface area contributed by atoms with Crippen LogP contribution in [0.3, 0.4) is 0 Å². The fourth-order valence-electron chi connectivity index (χ4n) is 1.39. The van der Waals surface area contributed by atoms with Gasteiger partial charge in [0.25, 0.3) is 5.91 Å². The minimum atomic E-state index is -0.689. The maximum absolute atomic E-state index is 12.0. The third-order valence-corrected chi connectivity index (χ3v) is 3.47. The van der Waals surface area contributed by atoms with Gasteiger partial charge in [-0.25, -0.2) is 4.98 Å². The molecule has 2 aromatic rings. The number of nitrogens with zero attached hydrogens (tertiary/aromatic N) is 1. The Balaban J connectivity index is 2.18. The number of halogens is 1. The van der Waals surface area contributed by atoms with Crippen LogP contribution in [-0.4, -0.2) is 21.1 Å².